The summed E-state index contributed by atoms with van der Waals surface area (Å²) in [6, 6.07) is 6.63. The lowest BCUT2D eigenvalue weighted by atomic mass is 10.0. The molecule has 1 aromatic carbocycles. The Morgan fingerprint density at radius 2 is 1.32 bits per heavy atom. The summed E-state index contributed by atoms with van der Waals surface area (Å²) in [7, 11) is 0. The molecule has 0 aromatic heterocycles. The van der Waals surface area contributed by atoms with Crippen LogP contribution in [0.3, 0.4) is 0 Å². The molecule has 2 heteroatoms. The topological polar surface area (TPSA) is 34.1 Å². The zero-order valence-electron chi connectivity index (χ0n) is 13.4. The normalized spacial score (nSPS) is 9.18. The summed E-state index contributed by atoms with van der Waals surface area (Å²) < 4.78 is 0. The van der Waals surface area contributed by atoms with E-state index in [1.165, 1.54) is 0 Å². The summed E-state index contributed by atoms with van der Waals surface area (Å²) in [5, 5.41) is 0. The Morgan fingerprint density at radius 3 is 1.73 bits per heavy atom. The van der Waals surface area contributed by atoms with Crippen LogP contribution in [0.25, 0.3) is 0 Å². The van der Waals surface area contributed by atoms with Crippen LogP contribution in [0.5, 0.6) is 0 Å². The van der Waals surface area contributed by atoms with Gasteiger partial charge in [0.15, 0.2) is 0 Å². The minimum atomic E-state index is -0.246. The second-order valence-electron chi connectivity index (χ2n) is 5.05. The standard InChI is InChI=1S/C20H22O2/c1-3-5-7-9-14-19(21)17-12-11-13-18(16-17)20(22)15-10-8-6-4-2/h11-13,16H,3-8H2,1-2H3. The largest absolute Gasteiger partial charge is 0.279 e. The molecule has 0 heterocycles. The first kappa shape index (κ1) is 17.7. The lowest BCUT2D eigenvalue weighted by Gasteiger charge is -1.97. The van der Waals surface area contributed by atoms with Gasteiger partial charge in [-0.2, -0.15) is 0 Å². The molecule has 22 heavy (non-hydrogen) atoms. The Hall–Kier alpha value is -2.32. The molecule has 0 bridgehead atoms. The molecule has 0 unspecified atom stereocenters. The van der Waals surface area contributed by atoms with Gasteiger partial charge in [0.25, 0.3) is 0 Å². The quantitative estimate of drug-likeness (QED) is 0.336. The van der Waals surface area contributed by atoms with Crippen molar-refractivity contribution in [1.82, 2.24) is 0 Å². The maximum absolute atomic E-state index is 12.0. The van der Waals surface area contributed by atoms with Crippen LogP contribution < -0.4 is 0 Å². The first-order chi connectivity index (χ1) is 10.7. The predicted octanol–water partition coefficient (Wildman–Crippen LogP) is 4.44. The van der Waals surface area contributed by atoms with Crippen molar-refractivity contribution in [2.45, 2.75) is 52.4 Å². The zero-order chi connectivity index (χ0) is 16.2. The predicted molar refractivity (Wildman–Crippen MR) is 89.7 cm³/mol. The summed E-state index contributed by atoms with van der Waals surface area (Å²) in [5.74, 6) is 10.5. The fourth-order valence-electron chi connectivity index (χ4n) is 1.76. The van der Waals surface area contributed by atoms with Crippen molar-refractivity contribution >= 4 is 11.6 Å². The van der Waals surface area contributed by atoms with E-state index in [4.69, 9.17) is 0 Å². The molecule has 0 aliphatic carbocycles. The third-order valence-corrected chi connectivity index (χ3v) is 3.10. The molecule has 1 aromatic rings. The van der Waals surface area contributed by atoms with Gasteiger partial charge in [0.1, 0.15) is 0 Å². The van der Waals surface area contributed by atoms with Crippen LogP contribution in [0.15, 0.2) is 24.3 Å². The average molecular weight is 294 g/mol. The monoisotopic (exact) mass is 294 g/mol. The van der Waals surface area contributed by atoms with Crippen LogP contribution in [-0.4, -0.2) is 11.6 Å². The van der Waals surface area contributed by atoms with Crippen LogP contribution >= 0.6 is 0 Å². The van der Waals surface area contributed by atoms with Crippen molar-refractivity contribution in [3.05, 3.63) is 35.4 Å². The molecule has 0 fully saturated rings. The van der Waals surface area contributed by atoms with Crippen molar-refractivity contribution in [3.63, 3.8) is 0 Å². The number of hydrogen-bond acceptors (Lipinski definition) is 2. The van der Waals surface area contributed by atoms with E-state index in [1.54, 1.807) is 24.3 Å². The van der Waals surface area contributed by atoms with Gasteiger partial charge in [-0.1, -0.05) is 56.7 Å². The van der Waals surface area contributed by atoms with Crippen molar-refractivity contribution in [2.75, 3.05) is 0 Å². The summed E-state index contributed by atoms with van der Waals surface area (Å²) >= 11 is 0. The number of ketones is 2. The molecule has 0 aliphatic heterocycles. The van der Waals surface area contributed by atoms with Gasteiger partial charge in [-0.25, -0.2) is 0 Å². The van der Waals surface area contributed by atoms with E-state index in [2.05, 4.69) is 37.5 Å². The van der Waals surface area contributed by atoms with E-state index in [0.717, 1.165) is 38.5 Å². The van der Waals surface area contributed by atoms with Crippen LogP contribution in [0.1, 0.15) is 73.1 Å². The maximum Gasteiger partial charge on any atom is 0.235 e. The molecule has 0 saturated heterocycles. The first-order valence-electron chi connectivity index (χ1n) is 7.85. The lowest BCUT2D eigenvalue weighted by Crippen LogP contribution is -2.00. The van der Waals surface area contributed by atoms with Gasteiger partial charge in [0, 0.05) is 24.0 Å². The second-order valence-corrected chi connectivity index (χ2v) is 5.05. The SMILES string of the molecule is CCCCC#CC(=O)c1cccc(C(=O)C#CCCCC)c1. The second kappa shape index (κ2) is 10.4. The molecule has 0 N–H and O–H groups in total. The van der Waals surface area contributed by atoms with Gasteiger partial charge >= 0.3 is 0 Å². The van der Waals surface area contributed by atoms with Gasteiger partial charge < -0.3 is 0 Å². The Labute approximate surface area is 133 Å². The molecule has 0 atom stereocenters. The first-order valence-corrected chi connectivity index (χ1v) is 7.85. The number of unbranched alkanes of at least 4 members (excludes halogenated alkanes) is 4. The molecular formula is C20H22O2. The Kier molecular flexibility index (Phi) is 8.39. The van der Waals surface area contributed by atoms with Crippen molar-refractivity contribution < 1.29 is 9.59 Å². The molecule has 0 spiro atoms. The molecule has 0 amide bonds. The third kappa shape index (κ3) is 6.42. The van der Waals surface area contributed by atoms with Gasteiger partial charge in [-0.05, 0) is 30.7 Å². The van der Waals surface area contributed by atoms with Crippen LogP contribution in [0.2, 0.25) is 0 Å². The molecule has 0 radical (unpaired) electrons. The zero-order valence-corrected chi connectivity index (χ0v) is 13.4. The van der Waals surface area contributed by atoms with E-state index >= 15 is 0 Å². The Morgan fingerprint density at radius 1 is 0.864 bits per heavy atom. The van der Waals surface area contributed by atoms with Gasteiger partial charge in [0.2, 0.25) is 11.6 Å². The van der Waals surface area contributed by atoms with E-state index in [1.807, 2.05) is 0 Å². The molecule has 114 valence electrons. The minimum absolute atomic E-state index is 0.246. The fraction of sp³-hybridized carbons (Fsp3) is 0.400. The molecule has 0 saturated carbocycles. The summed E-state index contributed by atoms with van der Waals surface area (Å²) in [4.78, 5) is 23.9. The van der Waals surface area contributed by atoms with E-state index in [9.17, 15) is 9.59 Å². The molecule has 2 nitrogen and oxygen atoms in total. The number of hydrogen-bond donors (Lipinski definition) is 0. The van der Waals surface area contributed by atoms with Gasteiger partial charge in [0.05, 0.1) is 0 Å². The minimum Gasteiger partial charge on any atom is -0.279 e. The highest BCUT2D eigenvalue weighted by atomic mass is 16.1. The van der Waals surface area contributed by atoms with Gasteiger partial charge in [-0.15, -0.1) is 0 Å². The average Bonchev–Trinajstić information content (AvgIpc) is 2.55. The van der Waals surface area contributed by atoms with E-state index in [0.29, 0.717) is 11.1 Å². The fourth-order valence-corrected chi connectivity index (χ4v) is 1.76. The van der Waals surface area contributed by atoms with Crippen molar-refractivity contribution in [3.8, 4) is 23.7 Å². The number of carbonyl (C=O) groups is 2. The highest BCUT2D eigenvalue weighted by Crippen LogP contribution is 2.07. The van der Waals surface area contributed by atoms with Crippen LogP contribution in [-0.2, 0) is 0 Å². The molecular weight excluding hydrogens is 272 g/mol. The van der Waals surface area contributed by atoms with Crippen molar-refractivity contribution in [1.29, 1.82) is 0 Å². The number of Topliss-reactive ketones (excluding diaryl/α,β-unsaturated/α-hetero) is 2. The number of carbonyl (C=O) groups excluding carboxylic acids is 2. The Bertz CT molecular complexity index is 580. The number of rotatable bonds is 6. The summed E-state index contributed by atoms with van der Waals surface area (Å²) in [5.41, 5.74) is 0.899. The molecule has 1 rings (SSSR count). The highest BCUT2D eigenvalue weighted by molar-refractivity contribution is 6.13. The van der Waals surface area contributed by atoms with Crippen LogP contribution in [0, 0.1) is 23.7 Å². The number of benzene rings is 1. The highest BCUT2D eigenvalue weighted by Gasteiger charge is 2.07. The van der Waals surface area contributed by atoms with E-state index < -0.39 is 0 Å². The lowest BCUT2D eigenvalue weighted by molar-refractivity contribution is 0.105. The third-order valence-electron chi connectivity index (χ3n) is 3.10. The van der Waals surface area contributed by atoms with E-state index in [-0.39, 0.29) is 11.6 Å². The Balaban J connectivity index is 2.75. The smallest absolute Gasteiger partial charge is 0.235 e. The maximum atomic E-state index is 12.0. The summed E-state index contributed by atoms with van der Waals surface area (Å²) in [6.07, 6.45) is 5.55. The van der Waals surface area contributed by atoms with Crippen molar-refractivity contribution in [2.24, 2.45) is 0 Å². The van der Waals surface area contributed by atoms with Crippen LogP contribution in [0.4, 0.5) is 0 Å². The summed E-state index contributed by atoms with van der Waals surface area (Å²) in [6.45, 7) is 4.17. The van der Waals surface area contributed by atoms with Gasteiger partial charge in [-0.3, -0.25) is 9.59 Å². The molecule has 0 aliphatic rings.